The number of benzene rings is 2. The third-order valence-electron chi connectivity index (χ3n) is 4.23. The Kier molecular flexibility index (Phi) is 8.29. The molecule has 140 valence electrons. The van der Waals surface area contributed by atoms with Crippen LogP contribution in [0.3, 0.4) is 0 Å². The van der Waals surface area contributed by atoms with Gasteiger partial charge in [0.2, 0.25) is 5.91 Å². The molecule has 0 radical (unpaired) electrons. The SMILES string of the molecule is COc1ccc(NC(=O)CC2CSCCN2)cc1Cc1ccccc1.Cl. The van der Waals surface area contributed by atoms with Gasteiger partial charge in [0.15, 0.2) is 0 Å². The van der Waals surface area contributed by atoms with E-state index in [-0.39, 0.29) is 24.4 Å². The van der Waals surface area contributed by atoms with Gasteiger partial charge in [-0.2, -0.15) is 11.8 Å². The Labute approximate surface area is 165 Å². The molecular weight excluding hydrogens is 368 g/mol. The van der Waals surface area contributed by atoms with E-state index in [9.17, 15) is 4.79 Å². The van der Waals surface area contributed by atoms with Crippen molar-refractivity contribution in [1.82, 2.24) is 5.32 Å². The summed E-state index contributed by atoms with van der Waals surface area (Å²) >= 11 is 1.90. The molecule has 0 saturated carbocycles. The number of methoxy groups -OCH3 is 1. The molecule has 1 amide bonds. The van der Waals surface area contributed by atoms with Crippen LogP contribution in [0.15, 0.2) is 48.5 Å². The molecule has 1 atom stereocenters. The Morgan fingerprint density at radius 3 is 2.77 bits per heavy atom. The fraction of sp³-hybridized carbons (Fsp3) is 0.350. The van der Waals surface area contributed by atoms with Crippen LogP contribution < -0.4 is 15.4 Å². The van der Waals surface area contributed by atoms with Crippen molar-refractivity contribution in [2.45, 2.75) is 18.9 Å². The van der Waals surface area contributed by atoms with Gasteiger partial charge in [0.05, 0.1) is 7.11 Å². The van der Waals surface area contributed by atoms with Gasteiger partial charge < -0.3 is 15.4 Å². The van der Waals surface area contributed by atoms with Crippen molar-refractivity contribution in [2.24, 2.45) is 0 Å². The van der Waals surface area contributed by atoms with Crippen LogP contribution in [-0.2, 0) is 11.2 Å². The van der Waals surface area contributed by atoms with Crippen LogP contribution in [0.1, 0.15) is 17.5 Å². The van der Waals surface area contributed by atoms with E-state index in [2.05, 4.69) is 22.8 Å². The first kappa shape index (κ1) is 20.6. The number of thioether (sulfide) groups is 1. The van der Waals surface area contributed by atoms with E-state index in [0.29, 0.717) is 6.42 Å². The maximum atomic E-state index is 12.3. The number of halogens is 1. The molecule has 1 fully saturated rings. The summed E-state index contributed by atoms with van der Waals surface area (Å²) in [6.45, 7) is 0.979. The summed E-state index contributed by atoms with van der Waals surface area (Å²) in [6.07, 6.45) is 1.28. The van der Waals surface area contributed by atoms with E-state index in [1.807, 2.05) is 48.2 Å². The maximum Gasteiger partial charge on any atom is 0.225 e. The summed E-state index contributed by atoms with van der Waals surface area (Å²) in [6, 6.07) is 16.3. The number of ether oxygens (including phenoxy) is 1. The summed E-state index contributed by atoms with van der Waals surface area (Å²) in [7, 11) is 1.68. The number of hydrogen-bond donors (Lipinski definition) is 2. The van der Waals surface area contributed by atoms with Gasteiger partial charge in [0.1, 0.15) is 5.75 Å². The van der Waals surface area contributed by atoms with Gasteiger partial charge in [-0.25, -0.2) is 0 Å². The molecule has 0 spiro atoms. The predicted molar refractivity (Wildman–Crippen MR) is 112 cm³/mol. The Bertz CT molecular complexity index is 706. The summed E-state index contributed by atoms with van der Waals surface area (Å²) in [5.74, 6) is 3.01. The lowest BCUT2D eigenvalue weighted by atomic mass is 10.0. The van der Waals surface area contributed by atoms with Crippen molar-refractivity contribution in [2.75, 3.05) is 30.5 Å². The third kappa shape index (κ3) is 5.94. The Morgan fingerprint density at radius 1 is 1.27 bits per heavy atom. The van der Waals surface area contributed by atoms with Crippen LogP contribution in [-0.4, -0.2) is 37.1 Å². The Morgan fingerprint density at radius 2 is 2.08 bits per heavy atom. The normalized spacial score (nSPS) is 16.4. The average molecular weight is 393 g/mol. The fourth-order valence-corrected chi connectivity index (χ4v) is 3.95. The molecule has 6 heteroatoms. The van der Waals surface area contributed by atoms with Crippen LogP contribution in [0.2, 0.25) is 0 Å². The summed E-state index contributed by atoms with van der Waals surface area (Å²) < 4.78 is 5.47. The second kappa shape index (κ2) is 10.5. The summed E-state index contributed by atoms with van der Waals surface area (Å²) in [5, 5.41) is 6.42. The minimum Gasteiger partial charge on any atom is -0.496 e. The highest BCUT2D eigenvalue weighted by Crippen LogP contribution is 2.25. The van der Waals surface area contributed by atoms with Crippen molar-refractivity contribution in [3.63, 3.8) is 0 Å². The van der Waals surface area contributed by atoms with E-state index in [4.69, 9.17) is 4.74 Å². The number of nitrogens with one attached hydrogen (secondary N) is 2. The Hall–Kier alpha value is -1.69. The van der Waals surface area contributed by atoms with E-state index in [0.717, 1.165) is 41.5 Å². The second-order valence-electron chi connectivity index (χ2n) is 6.17. The van der Waals surface area contributed by atoms with Gasteiger partial charge in [-0.1, -0.05) is 30.3 Å². The average Bonchev–Trinajstić information content (AvgIpc) is 2.63. The lowest BCUT2D eigenvalue weighted by Crippen LogP contribution is -2.39. The molecule has 1 unspecified atom stereocenters. The van der Waals surface area contributed by atoms with E-state index in [1.165, 1.54) is 5.56 Å². The van der Waals surface area contributed by atoms with Crippen LogP contribution in [0.4, 0.5) is 5.69 Å². The highest BCUT2D eigenvalue weighted by Gasteiger charge is 2.17. The molecule has 26 heavy (non-hydrogen) atoms. The molecule has 0 bridgehead atoms. The minimum absolute atomic E-state index is 0. The summed E-state index contributed by atoms with van der Waals surface area (Å²) in [4.78, 5) is 12.3. The molecule has 1 saturated heterocycles. The lowest BCUT2D eigenvalue weighted by Gasteiger charge is -2.22. The molecule has 1 heterocycles. The molecule has 2 N–H and O–H groups in total. The number of anilines is 1. The van der Waals surface area contributed by atoms with E-state index in [1.54, 1.807) is 7.11 Å². The van der Waals surface area contributed by atoms with Crippen molar-refractivity contribution >= 4 is 35.8 Å². The van der Waals surface area contributed by atoms with Crippen LogP contribution in [0.5, 0.6) is 5.75 Å². The second-order valence-corrected chi connectivity index (χ2v) is 7.32. The third-order valence-corrected chi connectivity index (χ3v) is 5.36. The molecule has 2 aromatic carbocycles. The molecule has 0 aliphatic carbocycles. The van der Waals surface area contributed by atoms with Gasteiger partial charge in [0, 0.05) is 48.2 Å². The van der Waals surface area contributed by atoms with E-state index >= 15 is 0 Å². The van der Waals surface area contributed by atoms with Crippen LogP contribution >= 0.6 is 24.2 Å². The molecule has 1 aliphatic heterocycles. The number of hydrogen-bond acceptors (Lipinski definition) is 4. The Balaban J connectivity index is 0.00000243. The van der Waals surface area contributed by atoms with Crippen molar-refractivity contribution in [3.05, 3.63) is 59.7 Å². The number of amides is 1. The first-order valence-corrected chi connectivity index (χ1v) is 9.72. The smallest absolute Gasteiger partial charge is 0.225 e. The maximum absolute atomic E-state index is 12.3. The zero-order valence-electron chi connectivity index (χ0n) is 14.9. The number of rotatable bonds is 6. The quantitative estimate of drug-likeness (QED) is 0.786. The molecule has 1 aliphatic rings. The zero-order chi connectivity index (χ0) is 17.5. The van der Waals surface area contributed by atoms with Gasteiger partial charge >= 0.3 is 0 Å². The van der Waals surface area contributed by atoms with Gasteiger partial charge in [-0.3, -0.25) is 4.79 Å². The number of carbonyl (C=O) groups is 1. The van der Waals surface area contributed by atoms with Gasteiger partial charge in [0.25, 0.3) is 0 Å². The first-order valence-electron chi connectivity index (χ1n) is 8.56. The van der Waals surface area contributed by atoms with Crippen LogP contribution in [0, 0.1) is 0 Å². The molecular formula is C20H25ClN2O2S. The molecule has 0 aromatic heterocycles. The van der Waals surface area contributed by atoms with Gasteiger partial charge in [-0.15, -0.1) is 12.4 Å². The topological polar surface area (TPSA) is 50.4 Å². The fourth-order valence-electron chi connectivity index (χ4n) is 3.00. The monoisotopic (exact) mass is 392 g/mol. The highest BCUT2D eigenvalue weighted by molar-refractivity contribution is 7.99. The number of carbonyl (C=O) groups excluding carboxylic acids is 1. The van der Waals surface area contributed by atoms with Crippen molar-refractivity contribution in [1.29, 1.82) is 0 Å². The van der Waals surface area contributed by atoms with E-state index < -0.39 is 0 Å². The lowest BCUT2D eigenvalue weighted by molar-refractivity contribution is -0.116. The zero-order valence-corrected chi connectivity index (χ0v) is 16.5. The molecule has 2 aromatic rings. The van der Waals surface area contributed by atoms with Crippen LogP contribution in [0.25, 0.3) is 0 Å². The summed E-state index contributed by atoms with van der Waals surface area (Å²) in [5.41, 5.74) is 3.10. The first-order chi connectivity index (χ1) is 12.2. The minimum atomic E-state index is 0. The van der Waals surface area contributed by atoms with Crippen molar-refractivity contribution < 1.29 is 9.53 Å². The molecule has 4 nitrogen and oxygen atoms in total. The molecule has 3 rings (SSSR count). The standard InChI is InChI=1S/C20H24N2O2S.ClH/c1-24-19-8-7-17(12-16(19)11-15-5-3-2-4-6-15)22-20(23)13-18-14-25-10-9-21-18;/h2-8,12,18,21H,9-11,13-14H2,1H3,(H,22,23);1H. The largest absolute Gasteiger partial charge is 0.496 e. The predicted octanol–water partition coefficient (Wildman–Crippen LogP) is 3.74. The highest BCUT2D eigenvalue weighted by atomic mass is 35.5. The van der Waals surface area contributed by atoms with Gasteiger partial charge in [-0.05, 0) is 23.8 Å². The van der Waals surface area contributed by atoms with Crippen molar-refractivity contribution in [3.8, 4) is 5.75 Å².